The highest BCUT2D eigenvalue weighted by molar-refractivity contribution is 7.25. The summed E-state index contributed by atoms with van der Waals surface area (Å²) in [5.41, 5.74) is 15.2. The monoisotopic (exact) mass is 759 g/mol. The second kappa shape index (κ2) is 12.5. The maximum Gasteiger partial charge on any atom is 0.143 e. The van der Waals surface area contributed by atoms with Crippen LogP contribution in [0.1, 0.15) is 25.0 Å². The Bertz CT molecular complexity index is 3420. The minimum Gasteiger partial charge on any atom is -0.455 e. The van der Waals surface area contributed by atoms with E-state index in [1.54, 1.807) is 0 Å². The number of hydrogen-bond acceptors (Lipinski definition) is 3. The Kier molecular flexibility index (Phi) is 7.18. The summed E-state index contributed by atoms with van der Waals surface area (Å²) in [5.74, 6) is 0. The number of benzene rings is 9. The van der Waals surface area contributed by atoms with E-state index >= 15 is 0 Å². The third-order valence-electron chi connectivity index (χ3n) is 12.5. The van der Waals surface area contributed by atoms with Crippen molar-refractivity contribution in [1.29, 1.82) is 0 Å². The highest BCUT2D eigenvalue weighted by Crippen LogP contribution is 2.54. The second-order valence-electron chi connectivity index (χ2n) is 16.1. The Hall–Kier alpha value is -6.94. The van der Waals surface area contributed by atoms with E-state index < -0.39 is 0 Å². The highest BCUT2D eigenvalue weighted by Gasteiger charge is 2.38. The van der Waals surface area contributed by atoms with Crippen LogP contribution in [0.15, 0.2) is 192 Å². The molecule has 2 aromatic heterocycles. The van der Waals surface area contributed by atoms with E-state index in [1.165, 1.54) is 70.2 Å². The van der Waals surface area contributed by atoms with Crippen molar-refractivity contribution in [3.63, 3.8) is 0 Å². The molecule has 0 spiro atoms. The van der Waals surface area contributed by atoms with Gasteiger partial charge in [-0.05, 0) is 104 Å². The molecule has 0 amide bonds. The first-order valence-electron chi connectivity index (χ1n) is 20.0. The van der Waals surface area contributed by atoms with Crippen LogP contribution in [0.2, 0.25) is 0 Å². The van der Waals surface area contributed by atoms with Gasteiger partial charge in [-0.3, -0.25) is 0 Å². The Labute approximate surface area is 340 Å². The highest BCUT2D eigenvalue weighted by atomic mass is 32.1. The van der Waals surface area contributed by atoms with Crippen LogP contribution < -0.4 is 4.90 Å². The fourth-order valence-corrected chi connectivity index (χ4v) is 10.9. The first-order valence-corrected chi connectivity index (χ1v) is 20.8. The summed E-state index contributed by atoms with van der Waals surface area (Å²) >= 11 is 1.87. The summed E-state index contributed by atoms with van der Waals surface area (Å²) in [7, 11) is 0. The Balaban J connectivity index is 0.993. The Morgan fingerprint density at radius 1 is 0.466 bits per heavy atom. The molecule has 0 saturated carbocycles. The van der Waals surface area contributed by atoms with Gasteiger partial charge in [0.05, 0.1) is 5.69 Å². The molecule has 2 nitrogen and oxygen atoms in total. The van der Waals surface area contributed by atoms with Crippen LogP contribution >= 0.6 is 11.3 Å². The zero-order valence-electron chi connectivity index (χ0n) is 32.2. The molecule has 0 N–H and O–H groups in total. The summed E-state index contributed by atoms with van der Waals surface area (Å²) < 4.78 is 9.21. The van der Waals surface area contributed by atoms with Crippen LogP contribution in [-0.2, 0) is 5.41 Å². The summed E-state index contributed by atoms with van der Waals surface area (Å²) in [6, 6.07) is 68.9. The van der Waals surface area contributed by atoms with Crippen molar-refractivity contribution in [3.05, 3.63) is 199 Å². The predicted molar refractivity (Wildman–Crippen MR) is 247 cm³/mol. The number of furan rings is 1. The minimum absolute atomic E-state index is 0.178. The molecule has 0 atom stereocenters. The van der Waals surface area contributed by atoms with Crippen LogP contribution in [0.4, 0.5) is 17.1 Å². The zero-order valence-corrected chi connectivity index (χ0v) is 33.0. The third kappa shape index (κ3) is 4.90. The van der Waals surface area contributed by atoms with E-state index in [9.17, 15) is 0 Å². The van der Waals surface area contributed by atoms with Crippen LogP contribution in [0.3, 0.4) is 0 Å². The lowest BCUT2D eigenvalue weighted by Gasteiger charge is -2.32. The summed E-state index contributed by atoms with van der Waals surface area (Å²) in [6.45, 7) is 4.74. The van der Waals surface area contributed by atoms with Gasteiger partial charge in [0, 0.05) is 53.1 Å². The number of nitrogens with zero attached hydrogens (tertiary/aromatic N) is 1. The summed E-state index contributed by atoms with van der Waals surface area (Å²) in [5, 5.41) is 7.27. The van der Waals surface area contributed by atoms with Crippen molar-refractivity contribution in [2.75, 3.05) is 4.90 Å². The Morgan fingerprint density at radius 3 is 1.95 bits per heavy atom. The van der Waals surface area contributed by atoms with Gasteiger partial charge >= 0.3 is 0 Å². The van der Waals surface area contributed by atoms with Crippen molar-refractivity contribution in [2.24, 2.45) is 0 Å². The van der Waals surface area contributed by atoms with E-state index in [4.69, 9.17) is 4.42 Å². The fourth-order valence-electron chi connectivity index (χ4n) is 9.73. The lowest BCUT2D eigenvalue weighted by molar-refractivity contribution is 0.661. The zero-order chi connectivity index (χ0) is 38.5. The molecule has 0 aliphatic heterocycles. The first kappa shape index (κ1) is 33.2. The topological polar surface area (TPSA) is 16.4 Å². The van der Waals surface area contributed by atoms with E-state index in [0.717, 1.165) is 44.3 Å². The van der Waals surface area contributed by atoms with E-state index in [0.29, 0.717) is 0 Å². The van der Waals surface area contributed by atoms with Gasteiger partial charge in [0.25, 0.3) is 0 Å². The second-order valence-corrected chi connectivity index (χ2v) is 17.1. The van der Waals surface area contributed by atoms with Crippen molar-refractivity contribution < 1.29 is 4.42 Å². The standard InChI is InChI=1S/C55H37NOS/c1-55(2)47-17-7-5-13-42(47)45-16-9-18-48(53(45)55)56(38-27-21-34(22-28-38)37-26-31-44-43-14-6-8-20-50(43)58-51(44)33-37)39-29-23-36(24-30-39)40-15-10-19-49-52(40)46-32-25-35-11-3-4-12-41(35)54(46)57-49/h3-33H,1-2H3. The van der Waals surface area contributed by atoms with Crippen molar-refractivity contribution in [3.8, 4) is 33.4 Å². The van der Waals surface area contributed by atoms with Crippen LogP contribution in [0.5, 0.6) is 0 Å². The predicted octanol–water partition coefficient (Wildman–Crippen LogP) is 16.2. The largest absolute Gasteiger partial charge is 0.455 e. The smallest absolute Gasteiger partial charge is 0.143 e. The van der Waals surface area contributed by atoms with E-state index in [-0.39, 0.29) is 5.41 Å². The van der Waals surface area contributed by atoms with Crippen molar-refractivity contribution in [2.45, 2.75) is 19.3 Å². The number of thiophene rings is 1. The van der Waals surface area contributed by atoms with Gasteiger partial charge in [-0.25, -0.2) is 0 Å². The third-order valence-corrected chi connectivity index (χ3v) is 13.6. The number of fused-ring (bicyclic) bond motifs is 11. The van der Waals surface area contributed by atoms with E-state index in [1.807, 2.05) is 11.3 Å². The normalized spacial score (nSPS) is 13.1. The number of hydrogen-bond donors (Lipinski definition) is 0. The number of anilines is 3. The molecule has 9 aromatic carbocycles. The summed E-state index contributed by atoms with van der Waals surface area (Å²) in [6.07, 6.45) is 0. The number of rotatable bonds is 5. The molecule has 12 rings (SSSR count). The Morgan fingerprint density at radius 2 is 1.10 bits per heavy atom. The maximum absolute atomic E-state index is 6.56. The lowest BCUT2D eigenvalue weighted by Crippen LogP contribution is -2.20. The average molecular weight is 760 g/mol. The molecule has 0 unspecified atom stereocenters. The van der Waals surface area contributed by atoms with Gasteiger partial charge in [-0.15, -0.1) is 11.3 Å². The van der Waals surface area contributed by atoms with E-state index in [2.05, 4.69) is 207 Å². The van der Waals surface area contributed by atoms with Crippen LogP contribution in [0, 0.1) is 0 Å². The SMILES string of the molecule is CC1(C)c2ccccc2-c2cccc(N(c3ccc(-c4ccc5c(c4)sc4ccccc45)cc3)c3ccc(-c4cccc5oc6c7ccccc7ccc6c45)cc3)c21. The fraction of sp³-hybridized carbons (Fsp3) is 0.0545. The molecular formula is C55H37NOS. The van der Waals surface area contributed by atoms with Gasteiger partial charge in [-0.2, -0.15) is 0 Å². The molecule has 0 fully saturated rings. The molecule has 1 aliphatic rings. The van der Waals surface area contributed by atoms with Gasteiger partial charge in [0.15, 0.2) is 0 Å². The van der Waals surface area contributed by atoms with Crippen LogP contribution in [-0.4, -0.2) is 0 Å². The molecule has 11 aromatic rings. The molecule has 0 saturated heterocycles. The lowest BCUT2D eigenvalue weighted by atomic mass is 9.81. The van der Waals surface area contributed by atoms with Crippen molar-refractivity contribution >= 4 is 81.3 Å². The average Bonchev–Trinajstić information content (AvgIpc) is 3.92. The molecule has 3 heteroatoms. The van der Waals surface area contributed by atoms with Gasteiger partial charge in [-0.1, -0.05) is 147 Å². The molecule has 1 aliphatic carbocycles. The van der Waals surface area contributed by atoms with Crippen LogP contribution in [0.25, 0.3) is 86.3 Å². The van der Waals surface area contributed by atoms with Gasteiger partial charge in [0.1, 0.15) is 11.2 Å². The maximum atomic E-state index is 6.56. The summed E-state index contributed by atoms with van der Waals surface area (Å²) in [4.78, 5) is 2.45. The quantitative estimate of drug-likeness (QED) is 0.174. The molecule has 58 heavy (non-hydrogen) atoms. The van der Waals surface area contributed by atoms with Crippen molar-refractivity contribution in [1.82, 2.24) is 0 Å². The van der Waals surface area contributed by atoms with Gasteiger partial charge < -0.3 is 9.32 Å². The molecule has 0 bridgehead atoms. The molecular weight excluding hydrogens is 723 g/mol. The first-order chi connectivity index (χ1) is 28.5. The van der Waals surface area contributed by atoms with Gasteiger partial charge in [0.2, 0.25) is 0 Å². The minimum atomic E-state index is -0.178. The molecule has 2 heterocycles. The molecule has 274 valence electrons. The molecule has 0 radical (unpaired) electrons.